The normalized spacial score (nSPS) is 15.0. The Morgan fingerprint density at radius 2 is 1.95 bits per heavy atom. The minimum Gasteiger partial charge on any atom is -0.462 e. The van der Waals surface area contributed by atoms with Crippen molar-refractivity contribution in [1.29, 1.82) is 0 Å². The molecular weight excluding hydrogens is 279 g/mol. The van der Waals surface area contributed by atoms with Crippen LogP contribution in [0.5, 0.6) is 0 Å². The molecule has 3 atom stereocenters. The molecule has 0 saturated carbocycles. The standard InChI is InChI=1S/C16H24BN2O3/c1-11(2)22-16(21)15(19-17-10-20)9-14(12(3)18)13-7-5-4-6-8-13/h4-8,10-12,14-15,19H,9,18H2,1-3H3/t12-,14-,15-/m1/s1. The van der Waals surface area contributed by atoms with Gasteiger partial charge in [-0.2, -0.15) is 0 Å². The monoisotopic (exact) mass is 303 g/mol. The summed E-state index contributed by atoms with van der Waals surface area (Å²) < 4.78 is 5.25. The molecule has 0 aliphatic rings. The Labute approximate surface area is 132 Å². The highest BCUT2D eigenvalue weighted by molar-refractivity contribution is 6.64. The number of benzene rings is 1. The number of esters is 1. The van der Waals surface area contributed by atoms with E-state index in [9.17, 15) is 9.59 Å². The van der Waals surface area contributed by atoms with Crippen LogP contribution in [0.1, 0.15) is 38.7 Å². The Hall–Kier alpha value is -1.66. The second kappa shape index (κ2) is 9.38. The van der Waals surface area contributed by atoms with E-state index in [1.54, 1.807) is 13.8 Å². The second-order valence-electron chi connectivity index (χ2n) is 5.62. The van der Waals surface area contributed by atoms with Gasteiger partial charge in [0.25, 0.3) is 7.41 Å². The highest BCUT2D eigenvalue weighted by Crippen LogP contribution is 2.24. The van der Waals surface area contributed by atoms with Gasteiger partial charge in [0.05, 0.1) is 18.3 Å². The fourth-order valence-corrected chi connectivity index (χ4v) is 2.31. The summed E-state index contributed by atoms with van der Waals surface area (Å²) in [5, 5.41) is 2.81. The maximum atomic E-state index is 12.2. The van der Waals surface area contributed by atoms with E-state index >= 15 is 0 Å². The second-order valence-corrected chi connectivity index (χ2v) is 5.62. The molecule has 1 aromatic rings. The fourth-order valence-electron chi connectivity index (χ4n) is 2.31. The molecule has 22 heavy (non-hydrogen) atoms. The molecule has 5 nitrogen and oxygen atoms in total. The van der Waals surface area contributed by atoms with Crippen molar-refractivity contribution in [2.75, 3.05) is 0 Å². The van der Waals surface area contributed by atoms with E-state index < -0.39 is 6.04 Å². The van der Waals surface area contributed by atoms with E-state index in [2.05, 4.69) is 5.23 Å². The van der Waals surface area contributed by atoms with Crippen molar-refractivity contribution in [2.45, 2.75) is 51.3 Å². The highest BCUT2D eigenvalue weighted by atomic mass is 16.5. The largest absolute Gasteiger partial charge is 0.462 e. The van der Waals surface area contributed by atoms with Gasteiger partial charge >= 0.3 is 5.97 Å². The van der Waals surface area contributed by atoms with Crippen molar-refractivity contribution in [3.05, 3.63) is 35.9 Å². The molecule has 0 aliphatic carbocycles. The maximum absolute atomic E-state index is 12.2. The van der Waals surface area contributed by atoms with Crippen LogP contribution >= 0.6 is 0 Å². The lowest BCUT2D eigenvalue weighted by Crippen LogP contribution is -2.44. The van der Waals surface area contributed by atoms with Crippen LogP contribution in [0.4, 0.5) is 0 Å². The number of carbonyl (C=O) groups excluding carboxylic acids is 2. The first kappa shape index (κ1) is 18.4. The third-order valence-electron chi connectivity index (χ3n) is 3.35. The molecule has 1 radical (unpaired) electrons. The van der Waals surface area contributed by atoms with Gasteiger partial charge in [0.2, 0.25) is 0 Å². The number of carbonyl (C=O) groups is 2. The number of hydrogen-bond acceptors (Lipinski definition) is 5. The molecule has 0 amide bonds. The van der Waals surface area contributed by atoms with Crippen LogP contribution in [0.2, 0.25) is 0 Å². The molecule has 0 spiro atoms. The average molecular weight is 303 g/mol. The van der Waals surface area contributed by atoms with Crippen LogP contribution in [-0.4, -0.2) is 37.8 Å². The molecule has 0 fully saturated rings. The number of hydrogen-bond donors (Lipinski definition) is 2. The summed E-state index contributed by atoms with van der Waals surface area (Å²) in [6.07, 6.45) is 0.856. The van der Waals surface area contributed by atoms with Gasteiger partial charge in [-0.25, -0.2) is 0 Å². The average Bonchev–Trinajstić information content (AvgIpc) is 2.47. The zero-order chi connectivity index (χ0) is 16.5. The van der Waals surface area contributed by atoms with Gasteiger partial charge in [0, 0.05) is 12.0 Å². The first-order valence-corrected chi connectivity index (χ1v) is 7.49. The third kappa shape index (κ3) is 5.99. The fraction of sp³-hybridized carbons (Fsp3) is 0.500. The smallest absolute Gasteiger partial charge is 0.322 e. The van der Waals surface area contributed by atoms with Gasteiger partial charge in [-0.3, -0.25) is 4.79 Å². The van der Waals surface area contributed by atoms with E-state index in [1.165, 1.54) is 7.41 Å². The Balaban J connectivity index is 2.88. The molecule has 0 unspecified atom stereocenters. The number of nitrogens with one attached hydrogen (secondary N) is 1. The Bertz CT molecular complexity index is 466. The topological polar surface area (TPSA) is 81.4 Å². The van der Waals surface area contributed by atoms with Crippen LogP contribution in [0, 0.1) is 0 Å². The van der Waals surface area contributed by atoms with Crippen LogP contribution < -0.4 is 11.0 Å². The summed E-state index contributed by atoms with van der Waals surface area (Å²) in [5.41, 5.74) is 7.15. The predicted molar refractivity (Wildman–Crippen MR) is 88.1 cm³/mol. The first-order chi connectivity index (χ1) is 10.5. The summed E-state index contributed by atoms with van der Waals surface area (Å²) in [6, 6.07) is 9.06. The molecule has 0 aliphatic heterocycles. The quantitative estimate of drug-likeness (QED) is 0.407. The molecule has 3 N–H and O–H groups in total. The van der Waals surface area contributed by atoms with Crippen molar-refractivity contribution in [2.24, 2.45) is 5.73 Å². The minimum atomic E-state index is -0.608. The van der Waals surface area contributed by atoms with Crippen molar-refractivity contribution < 1.29 is 14.3 Å². The van der Waals surface area contributed by atoms with E-state index in [4.69, 9.17) is 10.5 Å². The molecular formula is C16H24BN2O3. The van der Waals surface area contributed by atoms with Crippen molar-refractivity contribution >= 4 is 19.6 Å². The Kier molecular flexibility index (Phi) is 7.84. The van der Waals surface area contributed by atoms with Gasteiger partial charge in [-0.1, -0.05) is 30.3 Å². The molecule has 119 valence electrons. The van der Waals surface area contributed by atoms with E-state index in [0.717, 1.165) is 5.56 Å². The predicted octanol–water partition coefficient (Wildman–Crippen LogP) is 1.23. The van der Waals surface area contributed by atoms with Crippen LogP contribution in [0.15, 0.2) is 30.3 Å². The summed E-state index contributed by atoms with van der Waals surface area (Å²) >= 11 is 0. The first-order valence-electron chi connectivity index (χ1n) is 7.49. The SMILES string of the molecule is CC(C)OC(=O)[C@@H](C[C@@H](c1ccccc1)[C@@H](C)N)N[B]C=O. The summed E-state index contributed by atoms with van der Waals surface area (Å²) in [5.74, 6) is -0.395. The minimum absolute atomic E-state index is 0.0153. The third-order valence-corrected chi connectivity index (χ3v) is 3.35. The number of rotatable bonds is 9. The molecule has 0 heterocycles. The van der Waals surface area contributed by atoms with Gasteiger partial charge in [0.15, 0.2) is 0 Å². The molecule has 6 heteroatoms. The van der Waals surface area contributed by atoms with E-state index in [1.807, 2.05) is 37.3 Å². The van der Waals surface area contributed by atoms with Gasteiger partial charge in [0.1, 0.15) is 0 Å². The number of nitrogens with two attached hydrogens (primary N) is 1. The van der Waals surface area contributed by atoms with E-state index in [-0.39, 0.29) is 24.0 Å². The van der Waals surface area contributed by atoms with E-state index in [0.29, 0.717) is 12.6 Å². The lowest BCUT2D eigenvalue weighted by Gasteiger charge is -2.26. The number of ether oxygens (including phenoxy) is 1. The van der Waals surface area contributed by atoms with Crippen molar-refractivity contribution in [1.82, 2.24) is 5.23 Å². The maximum Gasteiger partial charge on any atom is 0.322 e. The summed E-state index contributed by atoms with van der Waals surface area (Å²) in [7, 11) is 1.22. The highest BCUT2D eigenvalue weighted by Gasteiger charge is 2.27. The van der Waals surface area contributed by atoms with Gasteiger partial charge in [-0.15, -0.1) is 0 Å². The molecule has 0 saturated heterocycles. The Morgan fingerprint density at radius 3 is 2.45 bits per heavy atom. The van der Waals surface area contributed by atoms with Crippen molar-refractivity contribution in [3.63, 3.8) is 0 Å². The van der Waals surface area contributed by atoms with Crippen LogP contribution in [0.25, 0.3) is 0 Å². The summed E-state index contributed by atoms with van der Waals surface area (Å²) in [6.45, 7) is 5.49. The summed E-state index contributed by atoms with van der Waals surface area (Å²) in [4.78, 5) is 22.7. The molecule has 0 bridgehead atoms. The molecule has 1 aromatic carbocycles. The van der Waals surface area contributed by atoms with Crippen LogP contribution in [0.3, 0.4) is 0 Å². The molecule has 0 aromatic heterocycles. The Morgan fingerprint density at radius 1 is 1.32 bits per heavy atom. The molecule has 1 rings (SSSR count). The van der Waals surface area contributed by atoms with Gasteiger partial charge in [-0.05, 0) is 32.8 Å². The van der Waals surface area contributed by atoms with Crippen LogP contribution in [-0.2, 0) is 14.3 Å². The zero-order valence-electron chi connectivity index (χ0n) is 13.4. The lowest BCUT2D eigenvalue weighted by molar-refractivity contribution is -0.149. The zero-order valence-corrected chi connectivity index (χ0v) is 13.4. The van der Waals surface area contributed by atoms with Crippen molar-refractivity contribution in [3.8, 4) is 0 Å². The van der Waals surface area contributed by atoms with Gasteiger partial charge < -0.3 is 20.5 Å². The lowest BCUT2D eigenvalue weighted by atomic mass is 9.85.